The molecule has 2 amide bonds. The molecule has 0 bridgehead atoms. The van der Waals surface area contributed by atoms with E-state index in [0.717, 1.165) is 18.5 Å². The van der Waals surface area contributed by atoms with Crippen molar-refractivity contribution in [1.82, 2.24) is 10.3 Å². The molecule has 5 nitrogen and oxygen atoms in total. The summed E-state index contributed by atoms with van der Waals surface area (Å²) in [7, 11) is 0. The molecule has 19 heavy (non-hydrogen) atoms. The molecule has 0 radical (unpaired) electrons. The first-order valence-corrected chi connectivity index (χ1v) is 7.55. The lowest BCUT2D eigenvalue weighted by molar-refractivity contribution is -0.119. The third-order valence-electron chi connectivity index (χ3n) is 3.60. The molecular weight excluding hydrogens is 262 g/mol. The smallest absolute Gasteiger partial charge is 0.263 e. The standard InChI is InChI=1S/C13H19N3O2S/c1-2-9(12(14)17)16-13(18)11-10(15-7-19-11)8-5-3-4-6-8/h7-9H,2-6H2,1H3,(H2,14,17)(H,16,18)/t9-/m1/s1. The van der Waals surface area contributed by atoms with Gasteiger partial charge in [-0.2, -0.15) is 0 Å². The average Bonchev–Trinajstić information content (AvgIpc) is 3.03. The van der Waals surface area contributed by atoms with E-state index in [1.165, 1.54) is 24.2 Å². The van der Waals surface area contributed by atoms with Crippen molar-refractivity contribution < 1.29 is 9.59 Å². The molecule has 0 aliphatic heterocycles. The fourth-order valence-electron chi connectivity index (χ4n) is 2.51. The molecule has 1 aliphatic carbocycles. The van der Waals surface area contributed by atoms with Crippen LogP contribution in [0.25, 0.3) is 0 Å². The van der Waals surface area contributed by atoms with Crippen LogP contribution in [0, 0.1) is 0 Å². The predicted molar refractivity (Wildman–Crippen MR) is 74.1 cm³/mol. The Hall–Kier alpha value is -1.43. The Kier molecular flexibility index (Phi) is 4.52. The van der Waals surface area contributed by atoms with E-state index in [1.807, 2.05) is 6.92 Å². The molecule has 1 aromatic heterocycles. The summed E-state index contributed by atoms with van der Waals surface area (Å²) >= 11 is 1.33. The lowest BCUT2D eigenvalue weighted by Crippen LogP contribution is -2.44. The summed E-state index contributed by atoms with van der Waals surface area (Å²) in [6.45, 7) is 1.82. The number of rotatable bonds is 5. The fraction of sp³-hybridized carbons (Fsp3) is 0.615. The Bertz CT molecular complexity index is 466. The number of nitrogens with zero attached hydrogens (tertiary/aromatic N) is 1. The second-order valence-corrected chi connectivity index (χ2v) is 5.74. The van der Waals surface area contributed by atoms with Gasteiger partial charge in [-0.1, -0.05) is 19.8 Å². The molecule has 3 N–H and O–H groups in total. The quantitative estimate of drug-likeness (QED) is 0.863. The van der Waals surface area contributed by atoms with Crippen LogP contribution in [0.5, 0.6) is 0 Å². The summed E-state index contributed by atoms with van der Waals surface area (Å²) in [5, 5.41) is 2.69. The Morgan fingerprint density at radius 1 is 1.53 bits per heavy atom. The SMILES string of the molecule is CC[C@@H](NC(=O)c1scnc1C1CCCC1)C(N)=O. The van der Waals surface area contributed by atoms with E-state index >= 15 is 0 Å². The maximum atomic E-state index is 12.2. The minimum absolute atomic E-state index is 0.227. The Labute approximate surface area is 116 Å². The van der Waals surface area contributed by atoms with E-state index in [2.05, 4.69) is 10.3 Å². The fourth-order valence-corrected chi connectivity index (χ4v) is 3.29. The van der Waals surface area contributed by atoms with Gasteiger partial charge in [-0.25, -0.2) is 4.98 Å². The van der Waals surface area contributed by atoms with Crippen LogP contribution in [0.4, 0.5) is 0 Å². The van der Waals surface area contributed by atoms with Gasteiger partial charge in [-0.3, -0.25) is 9.59 Å². The normalized spacial score (nSPS) is 17.3. The topological polar surface area (TPSA) is 85.1 Å². The summed E-state index contributed by atoms with van der Waals surface area (Å²) in [4.78, 5) is 28.4. The van der Waals surface area contributed by atoms with E-state index in [-0.39, 0.29) is 5.91 Å². The lowest BCUT2D eigenvalue weighted by atomic mass is 10.0. The maximum absolute atomic E-state index is 12.2. The van der Waals surface area contributed by atoms with Crippen molar-refractivity contribution in [2.75, 3.05) is 0 Å². The molecule has 2 rings (SSSR count). The Morgan fingerprint density at radius 3 is 2.79 bits per heavy atom. The number of carbonyl (C=O) groups is 2. The predicted octanol–water partition coefficient (Wildman–Crippen LogP) is 1.79. The lowest BCUT2D eigenvalue weighted by Gasteiger charge is -2.14. The summed E-state index contributed by atoms with van der Waals surface area (Å²) in [6.07, 6.45) is 5.08. The van der Waals surface area contributed by atoms with Crippen molar-refractivity contribution in [2.24, 2.45) is 5.73 Å². The zero-order chi connectivity index (χ0) is 13.8. The van der Waals surface area contributed by atoms with E-state index in [0.29, 0.717) is 17.2 Å². The van der Waals surface area contributed by atoms with Gasteiger partial charge in [-0.05, 0) is 19.3 Å². The van der Waals surface area contributed by atoms with E-state index in [9.17, 15) is 9.59 Å². The maximum Gasteiger partial charge on any atom is 0.263 e. The van der Waals surface area contributed by atoms with Gasteiger partial charge in [0.05, 0.1) is 11.2 Å². The zero-order valence-electron chi connectivity index (χ0n) is 11.0. The van der Waals surface area contributed by atoms with Gasteiger partial charge in [0, 0.05) is 5.92 Å². The van der Waals surface area contributed by atoms with Crippen LogP contribution in [-0.4, -0.2) is 22.8 Å². The van der Waals surface area contributed by atoms with Gasteiger partial charge in [0.25, 0.3) is 5.91 Å². The van der Waals surface area contributed by atoms with Crippen LogP contribution >= 0.6 is 11.3 Å². The van der Waals surface area contributed by atoms with E-state index in [4.69, 9.17) is 5.73 Å². The molecule has 1 atom stereocenters. The first-order chi connectivity index (χ1) is 9.13. The monoisotopic (exact) mass is 281 g/mol. The molecule has 0 saturated heterocycles. The second-order valence-electron chi connectivity index (χ2n) is 4.88. The van der Waals surface area contributed by atoms with Crippen molar-refractivity contribution in [1.29, 1.82) is 0 Å². The molecule has 0 unspecified atom stereocenters. The van der Waals surface area contributed by atoms with Crippen LogP contribution in [0.2, 0.25) is 0 Å². The van der Waals surface area contributed by atoms with Crippen LogP contribution in [-0.2, 0) is 4.79 Å². The number of amides is 2. The summed E-state index contributed by atoms with van der Waals surface area (Å²) in [5.41, 5.74) is 7.83. The van der Waals surface area contributed by atoms with Crippen LogP contribution < -0.4 is 11.1 Å². The number of hydrogen-bond acceptors (Lipinski definition) is 4. The van der Waals surface area contributed by atoms with Crippen LogP contribution in [0.3, 0.4) is 0 Å². The molecule has 104 valence electrons. The highest BCUT2D eigenvalue weighted by atomic mass is 32.1. The van der Waals surface area contributed by atoms with Gasteiger partial charge in [0.15, 0.2) is 0 Å². The van der Waals surface area contributed by atoms with Gasteiger partial charge >= 0.3 is 0 Å². The van der Waals surface area contributed by atoms with Crippen molar-refractivity contribution in [3.8, 4) is 0 Å². The number of primary amides is 1. The molecule has 6 heteroatoms. The number of carbonyl (C=O) groups excluding carboxylic acids is 2. The van der Waals surface area contributed by atoms with Gasteiger partial charge in [0.2, 0.25) is 5.91 Å². The average molecular weight is 281 g/mol. The van der Waals surface area contributed by atoms with Crippen molar-refractivity contribution in [3.05, 3.63) is 16.1 Å². The molecule has 0 aromatic carbocycles. The third kappa shape index (κ3) is 3.12. The molecule has 1 heterocycles. The van der Waals surface area contributed by atoms with Crippen molar-refractivity contribution >= 4 is 23.2 Å². The first-order valence-electron chi connectivity index (χ1n) is 6.67. The van der Waals surface area contributed by atoms with Gasteiger partial charge < -0.3 is 11.1 Å². The largest absolute Gasteiger partial charge is 0.368 e. The van der Waals surface area contributed by atoms with E-state index in [1.54, 1.807) is 5.51 Å². The van der Waals surface area contributed by atoms with Crippen molar-refractivity contribution in [2.45, 2.75) is 51.0 Å². The number of thiazole rings is 1. The minimum Gasteiger partial charge on any atom is -0.368 e. The Morgan fingerprint density at radius 2 is 2.21 bits per heavy atom. The highest BCUT2D eigenvalue weighted by Crippen LogP contribution is 2.36. The summed E-state index contributed by atoms with van der Waals surface area (Å²) in [6, 6.07) is -0.606. The minimum atomic E-state index is -0.606. The third-order valence-corrected chi connectivity index (χ3v) is 4.44. The molecule has 1 aliphatic rings. The number of hydrogen-bond donors (Lipinski definition) is 2. The molecular formula is C13H19N3O2S. The second kappa shape index (κ2) is 6.14. The first kappa shape index (κ1) is 14.0. The molecule has 1 aromatic rings. The number of nitrogens with two attached hydrogens (primary N) is 1. The number of nitrogens with one attached hydrogen (secondary N) is 1. The van der Waals surface area contributed by atoms with E-state index < -0.39 is 11.9 Å². The number of aromatic nitrogens is 1. The van der Waals surface area contributed by atoms with Crippen LogP contribution in [0.15, 0.2) is 5.51 Å². The molecule has 1 saturated carbocycles. The summed E-state index contributed by atoms with van der Waals surface area (Å²) in [5.74, 6) is -0.335. The highest BCUT2D eigenvalue weighted by Gasteiger charge is 2.26. The zero-order valence-corrected chi connectivity index (χ0v) is 11.8. The highest BCUT2D eigenvalue weighted by molar-refractivity contribution is 7.11. The van der Waals surface area contributed by atoms with Crippen molar-refractivity contribution in [3.63, 3.8) is 0 Å². The Balaban J connectivity index is 2.11. The van der Waals surface area contributed by atoms with Gasteiger partial charge in [-0.15, -0.1) is 11.3 Å². The van der Waals surface area contributed by atoms with Gasteiger partial charge in [0.1, 0.15) is 10.9 Å². The molecule has 0 spiro atoms. The molecule has 1 fully saturated rings. The summed E-state index contributed by atoms with van der Waals surface area (Å²) < 4.78 is 0. The van der Waals surface area contributed by atoms with Crippen LogP contribution in [0.1, 0.15) is 60.3 Å².